The molecule has 8 heteroatoms. The van der Waals surface area contributed by atoms with Crippen molar-refractivity contribution in [3.8, 4) is 5.75 Å². The minimum absolute atomic E-state index is 0.195. The Kier molecular flexibility index (Phi) is 6.12. The van der Waals surface area contributed by atoms with Crippen molar-refractivity contribution in [3.63, 3.8) is 0 Å². The third-order valence-electron chi connectivity index (χ3n) is 4.71. The van der Waals surface area contributed by atoms with Crippen molar-refractivity contribution < 1.29 is 14.3 Å². The van der Waals surface area contributed by atoms with Gasteiger partial charge >= 0.3 is 0 Å². The third kappa shape index (κ3) is 4.89. The number of amides is 2. The van der Waals surface area contributed by atoms with Crippen molar-refractivity contribution in [2.45, 2.75) is 25.8 Å². The van der Waals surface area contributed by atoms with E-state index >= 15 is 0 Å². The first-order chi connectivity index (χ1) is 13.8. The minimum atomic E-state index is -0.450. The van der Waals surface area contributed by atoms with E-state index in [2.05, 4.69) is 15.6 Å². The van der Waals surface area contributed by atoms with Crippen LogP contribution in [-0.4, -0.2) is 29.8 Å². The molecule has 1 aliphatic rings. The predicted octanol–water partition coefficient (Wildman–Crippen LogP) is 3.57. The molecule has 29 heavy (non-hydrogen) atoms. The molecule has 1 aliphatic heterocycles. The lowest BCUT2D eigenvalue weighted by molar-refractivity contribution is -0.114. The number of benzene rings is 2. The number of nitrogens with zero attached hydrogens (tertiary/aromatic N) is 1. The maximum absolute atomic E-state index is 12.9. The largest absolute Gasteiger partial charge is 0.495 e. The van der Waals surface area contributed by atoms with Crippen LogP contribution >= 0.6 is 11.8 Å². The number of amidine groups is 1. The van der Waals surface area contributed by atoms with Crippen LogP contribution in [0.15, 0.2) is 47.5 Å². The van der Waals surface area contributed by atoms with Gasteiger partial charge in [-0.1, -0.05) is 23.9 Å². The molecule has 1 atom stereocenters. The van der Waals surface area contributed by atoms with Crippen LogP contribution in [0.25, 0.3) is 0 Å². The second kappa shape index (κ2) is 8.57. The second-order valence-electron chi connectivity index (χ2n) is 6.95. The molecule has 0 aromatic heterocycles. The average Bonchev–Trinajstić information content (AvgIpc) is 2.68. The standard InChI is InChI=1S/C21H24N4O3S/c1-13(26)23-16-7-8-18(28-3)17(12-16)24-19(27)14-5-4-6-15(11-14)21(2)9-10-29-20(22)25-21/h4-8,11-12H,9-10H2,1-3H3,(H2,22,25)(H,23,26)(H,24,27). The molecule has 1 heterocycles. The zero-order chi connectivity index (χ0) is 21.0. The van der Waals surface area contributed by atoms with Gasteiger partial charge in [0.25, 0.3) is 5.91 Å². The predicted molar refractivity (Wildman–Crippen MR) is 118 cm³/mol. The third-order valence-corrected chi connectivity index (χ3v) is 5.51. The van der Waals surface area contributed by atoms with Crippen LogP contribution in [0, 0.1) is 0 Å². The smallest absolute Gasteiger partial charge is 0.255 e. The number of aliphatic imine (C=N–C) groups is 1. The monoisotopic (exact) mass is 412 g/mol. The highest BCUT2D eigenvalue weighted by atomic mass is 32.2. The Morgan fingerprint density at radius 3 is 2.69 bits per heavy atom. The number of rotatable bonds is 5. The van der Waals surface area contributed by atoms with E-state index in [0.717, 1.165) is 17.7 Å². The second-order valence-corrected chi connectivity index (χ2v) is 8.07. The van der Waals surface area contributed by atoms with Gasteiger partial charge in [-0.25, -0.2) is 0 Å². The van der Waals surface area contributed by atoms with Gasteiger partial charge < -0.3 is 21.1 Å². The van der Waals surface area contributed by atoms with E-state index in [1.165, 1.54) is 14.0 Å². The number of hydrogen-bond acceptors (Lipinski definition) is 6. The lowest BCUT2D eigenvalue weighted by atomic mass is 9.88. The summed E-state index contributed by atoms with van der Waals surface area (Å²) < 4.78 is 5.33. The fourth-order valence-corrected chi connectivity index (χ4v) is 4.15. The fraction of sp³-hybridized carbons (Fsp3) is 0.286. The number of nitrogens with two attached hydrogens (primary N) is 1. The molecule has 152 valence electrons. The Bertz CT molecular complexity index is 976. The molecule has 0 bridgehead atoms. The highest BCUT2D eigenvalue weighted by Crippen LogP contribution is 2.35. The van der Waals surface area contributed by atoms with E-state index in [1.54, 1.807) is 36.0 Å². The van der Waals surface area contributed by atoms with Gasteiger partial charge in [0, 0.05) is 23.9 Å². The van der Waals surface area contributed by atoms with Crippen molar-refractivity contribution >= 4 is 40.1 Å². The van der Waals surface area contributed by atoms with Crippen molar-refractivity contribution in [2.75, 3.05) is 23.5 Å². The molecule has 7 nitrogen and oxygen atoms in total. The lowest BCUT2D eigenvalue weighted by Gasteiger charge is -2.30. The van der Waals surface area contributed by atoms with Crippen molar-refractivity contribution in [1.82, 2.24) is 0 Å². The molecule has 2 amide bonds. The molecule has 0 aliphatic carbocycles. The molecule has 3 rings (SSSR count). The van der Waals surface area contributed by atoms with E-state index in [1.807, 2.05) is 25.1 Å². The molecular formula is C21H24N4O3S. The fourth-order valence-electron chi connectivity index (χ4n) is 3.17. The topological polar surface area (TPSA) is 106 Å². The van der Waals surface area contributed by atoms with Crippen LogP contribution in [-0.2, 0) is 10.3 Å². The summed E-state index contributed by atoms with van der Waals surface area (Å²) in [6.45, 7) is 3.45. The Morgan fingerprint density at radius 2 is 2.00 bits per heavy atom. The summed E-state index contributed by atoms with van der Waals surface area (Å²) in [5, 5.41) is 6.12. The quantitative estimate of drug-likeness (QED) is 0.696. The van der Waals surface area contributed by atoms with Crippen molar-refractivity contribution in [1.29, 1.82) is 0 Å². The highest BCUT2D eigenvalue weighted by Gasteiger charge is 2.30. The van der Waals surface area contributed by atoms with Crippen LogP contribution in [0.3, 0.4) is 0 Å². The van der Waals surface area contributed by atoms with Gasteiger partial charge in [-0.15, -0.1) is 0 Å². The number of ether oxygens (including phenoxy) is 1. The van der Waals surface area contributed by atoms with E-state index in [4.69, 9.17) is 10.5 Å². The van der Waals surface area contributed by atoms with Crippen molar-refractivity contribution in [2.24, 2.45) is 10.7 Å². The van der Waals surface area contributed by atoms with Gasteiger partial charge in [0.1, 0.15) is 5.75 Å². The molecule has 2 aromatic rings. The van der Waals surface area contributed by atoms with Crippen LogP contribution in [0.5, 0.6) is 5.75 Å². The maximum atomic E-state index is 12.9. The number of carbonyl (C=O) groups excluding carboxylic acids is 2. The van der Waals surface area contributed by atoms with Crippen LogP contribution < -0.4 is 21.1 Å². The summed E-state index contributed by atoms with van der Waals surface area (Å²) >= 11 is 1.54. The minimum Gasteiger partial charge on any atom is -0.495 e. The van der Waals surface area contributed by atoms with Gasteiger partial charge in [-0.05, 0) is 49.2 Å². The Morgan fingerprint density at radius 1 is 1.21 bits per heavy atom. The first-order valence-corrected chi connectivity index (χ1v) is 10.1. The molecule has 2 aromatic carbocycles. The molecule has 0 saturated carbocycles. The van der Waals surface area contributed by atoms with Gasteiger partial charge in [-0.2, -0.15) is 0 Å². The summed E-state index contributed by atoms with van der Waals surface area (Å²) in [4.78, 5) is 28.8. The van der Waals surface area contributed by atoms with E-state index in [0.29, 0.717) is 27.9 Å². The molecule has 4 N–H and O–H groups in total. The summed E-state index contributed by atoms with van der Waals surface area (Å²) in [5.74, 6) is 0.905. The zero-order valence-electron chi connectivity index (χ0n) is 16.6. The summed E-state index contributed by atoms with van der Waals surface area (Å²) in [7, 11) is 1.52. The number of methoxy groups -OCH3 is 1. The molecular weight excluding hydrogens is 388 g/mol. The summed E-state index contributed by atoms with van der Waals surface area (Å²) in [5.41, 5.74) is 7.95. The summed E-state index contributed by atoms with van der Waals surface area (Å²) in [6, 6.07) is 12.4. The lowest BCUT2D eigenvalue weighted by Crippen LogP contribution is -2.29. The van der Waals surface area contributed by atoms with E-state index in [9.17, 15) is 9.59 Å². The normalized spacial score (nSPS) is 18.5. The van der Waals surface area contributed by atoms with Crippen LogP contribution in [0.1, 0.15) is 36.2 Å². The maximum Gasteiger partial charge on any atom is 0.255 e. The van der Waals surface area contributed by atoms with Crippen molar-refractivity contribution in [3.05, 3.63) is 53.6 Å². The van der Waals surface area contributed by atoms with Gasteiger partial charge in [0.2, 0.25) is 5.91 Å². The number of nitrogens with one attached hydrogen (secondary N) is 2. The number of carbonyl (C=O) groups is 2. The van der Waals surface area contributed by atoms with Crippen LogP contribution in [0.2, 0.25) is 0 Å². The molecule has 1 unspecified atom stereocenters. The van der Waals surface area contributed by atoms with E-state index < -0.39 is 5.54 Å². The molecule has 0 radical (unpaired) electrons. The van der Waals surface area contributed by atoms with Gasteiger partial charge in [0.15, 0.2) is 5.17 Å². The van der Waals surface area contributed by atoms with Gasteiger partial charge in [0.05, 0.1) is 18.3 Å². The molecule has 0 fully saturated rings. The molecule has 0 spiro atoms. The van der Waals surface area contributed by atoms with Crippen LogP contribution in [0.4, 0.5) is 11.4 Å². The Balaban J connectivity index is 1.87. The first kappa shape index (κ1) is 20.7. The number of hydrogen-bond donors (Lipinski definition) is 3. The van der Waals surface area contributed by atoms with Gasteiger partial charge in [-0.3, -0.25) is 14.6 Å². The first-order valence-electron chi connectivity index (χ1n) is 9.16. The average molecular weight is 413 g/mol. The van der Waals surface area contributed by atoms with E-state index in [-0.39, 0.29) is 11.8 Å². The SMILES string of the molecule is COc1ccc(NC(C)=O)cc1NC(=O)c1cccc(C2(C)CCSC(N)=N2)c1. The highest BCUT2D eigenvalue weighted by molar-refractivity contribution is 8.13. The Labute approximate surface area is 174 Å². The number of anilines is 2. The number of thioether (sulfide) groups is 1. The zero-order valence-corrected chi connectivity index (χ0v) is 17.4. The summed E-state index contributed by atoms with van der Waals surface area (Å²) in [6.07, 6.45) is 0.843. The Hall–Kier alpha value is -3.00. The molecule has 0 saturated heterocycles.